The number of likely N-dealkylation sites (tertiary alicyclic amines) is 1. The van der Waals surface area contributed by atoms with Crippen LogP contribution >= 0.6 is 23.2 Å². The molecule has 3 aromatic carbocycles. The second-order valence-electron chi connectivity index (χ2n) is 11.0. The second-order valence-corrected chi connectivity index (χ2v) is 11.9. The Kier molecular flexibility index (Phi) is 10.1. The lowest BCUT2D eigenvalue weighted by Gasteiger charge is -2.31. The Morgan fingerprint density at radius 1 is 0.870 bits per heavy atom. The molecule has 4 N–H and O–H groups in total. The summed E-state index contributed by atoms with van der Waals surface area (Å²) in [6.07, 6.45) is -0.787. The molecule has 1 unspecified atom stereocenters. The molecule has 0 bridgehead atoms. The van der Waals surface area contributed by atoms with Crippen molar-refractivity contribution in [2.24, 2.45) is 0 Å². The van der Waals surface area contributed by atoms with Gasteiger partial charge in [-0.2, -0.15) is 0 Å². The highest BCUT2D eigenvalue weighted by molar-refractivity contribution is 6.31. The number of amides is 4. The lowest BCUT2D eigenvalue weighted by Crippen LogP contribution is -2.38. The van der Waals surface area contributed by atoms with Gasteiger partial charge in [0.05, 0.1) is 6.54 Å². The molecule has 238 valence electrons. The largest absolute Gasteiger partial charge is 0.491 e. The fourth-order valence-electron chi connectivity index (χ4n) is 5.50. The number of benzene rings is 3. The number of ether oxygens (including phenoxy) is 1. The average molecular weight is 664 g/mol. The van der Waals surface area contributed by atoms with Crippen molar-refractivity contribution in [3.8, 4) is 5.75 Å². The molecule has 3 aromatic rings. The first-order valence-corrected chi connectivity index (χ1v) is 15.3. The van der Waals surface area contributed by atoms with Crippen molar-refractivity contribution in [3.63, 3.8) is 0 Å². The van der Waals surface area contributed by atoms with Gasteiger partial charge in [-0.25, -0.2) is 0 Å². The van der Waals surface area contributed by atoms with E-state index in [1.54, 1.807) is 86.6 Å². The molecule has 1 atom stereocenters. The fraction of sp³-hybridized carbons (Fsp3) is 0.235. The molecule has 0 aliphatic carbocycles. The molecule has 5 rings (SSSR count). The predicted molar refractivity (Wildman–Crippen MR) is 175 cm³/mol. The Labute approximate surface area is 276 Å². The van der Waals surface area contributed by atoms with Crippen LogP contribution in [0.25, 0.3) is 0 Å². The summed E-state index contributed by atoms with van der Waals surface area (Å²) in [6, 6.07) is 20.4. The van der Waals surface area contributed by atoms with Crippen LogP contribution in [-0.4, -0.2) is 52.9 Å². The zero-order valence-electron chi connectivity index (χ0n) is 25.1. The number of nitrogens with one attached hydrogen (secondary N) is 3. The van der Waals surface area contributed by atoms with Gasteiger partial charge in [0.25, 0.3) is 11.8 Å². The van der Waals surface area contributed by atoms with E-state index >= 15 is 0 Å². The highest BCUT2D eigenvalue weighted by Gasteiger charge is 2.37. The van der Waals surface area contributed by atoms with E-state index in [0.717, 1.165) is 4.90 Å². The van der Waals surface area contributed by atoms with Gasteiger partial charge in [0, 0.05) is 62.7 Å². The van der Waals surface area contributed by atoms with E-state index in [1.165, 1.54) is 0 Å². The maximum Gasteiger partial charge on any atom is 0.254 e. The van der Waals surface area contributed by atoms with Crippen LogP contribution in [0.3, 0.4) is 0 Å². The van der Waals surface area contributed by atoms with Crippen molar-refractivity contribution in [2.45, 2.75) is 38.7 Å². The van der Waals surface area contributed by atoms with Crippen LogP contribution in [-0.2, 0) is 19.2 Å². The summed E-state index contributed by atoms with van der Waals surface area (Å²) < 4.78 is 5.74. The number of hydrogen-bond acceptors (Lipinski definition) is 7. The molecule has 1 fully saturated rings. The van der Waals surface area contributed by atoms with Crippen LogP contribution < -0.4 is 20.7 Å². The van der Waals surface area contributed by atoms with E-state index in [1.807, 2.05) is 0 Å². The topological polar surface area (TPSA) is 137 Å². The number of β-amino-alcohol motifs (C(OH)–C–C–N with tert-alkyl or cyclic N) is 1. The summed E-state index contributed by atoms with van der Waals surface area (Å²) in [5.74, 6) is -1.85. The molecule has 0 aromatic heterocycles. The molecule has 10 nitrogen and oxygen atoms in total. The van der Waals surface area contributed by atoms with Gasteiger partial charge in [-0.15, -0.1) is 0 Å². The maximum absolute atomic E-state index is 13.9. The van der Waals surface area contributed by atoms with Crippen molar-refractivity contribution in [3.05, 3.63) is 111 Å². The van der Waals surface area contributed by atoms with Crippen LogP contribution in [0.2, 0.25) is 10.0 Å². The lowest BCUT2D eigenvalue weighted by atomic mass is 9.79. The number of dihydropyridines is 1. The molecule has 12 heteroatoms. The number of rotatable bonds is 10. The molecule has 0 radical (unpaired) electrons. The van der Waals surface area contributed by atoms with Crippen molar-refractivity contribution in [1.29, 1.82) is 0 Å². The first-order chi connectivity index (χ1) is 22.0. The third-order valence-electron chi connectivity index (χ3n) is 7.62. The van der Waals surface area contributed by atoms with Gasteiger partial charge >= 0.3 is 0 Å². The summed E-state index contributed by atoms with van der Waals surface area (Å²) in [4.78, 5) is 52.5. The number of nitrogens with zero attached hydrogens (tertiary/aromatic N) is 1. The molecule has 2 heterocycles. The van der Waals surface area contributed by atoms with Gasteiger partial charge in [0.2, 0.25) is 11.8 Å². The molecule has 46 heavy (non-hydrogen) atoms. The fourth-order valence-corrected chi connectivity index (χ4v) is 5.88. The van der Waals surface area contributed by atoms with Gasteiger partial charge < -0.3 is 25.8 Å². The van der Waals surface area contributed by atoms with Gasteiger partial charge in [-0.3, -0.25) is 24.1 Å². The Hall–Kier alpha value is -4.64. The Balaban J connectivity index is 1.41. The Bertz CT molecular complexity index is 1660. The van der Waals surface area contributed by atoms with Crippen LogP contribution in [0.15, 0.2) is 95.3 Å². The van der Waals surface area contributed by atoms with Crippen molar-refractivity contribution in [2.75, 3.05) is 23.8 Å². The monoisotopic (exact) mass is 662 g/mol. The zero-order valence-corrected chi connectivity index (χ0v) is 26.6. The van der Waals surface area contributed by atoms with E-state index < -0.39 is 23.8 Å². The normalized spacial score (nSPS) is 16.0. The molecule has 4 amide bonds. The number of imide groups is 1. The van der Waals surface area contributed by atoms with E-state index in [-0.39, 0.29) is 37.8 Å². The van der Waals surface area contributed by atoms with Gasteiger partial charge in [0.1, 0.15) is 18.5 Å². The Morgan fingerprint density at radius 2 is 1.37 bits per heavy atom. The number of carbonyl (C=O) groups excluding carboxylic acids is 4. The number of hydrogen-bond donors (Lipinski definition) is 4. The quantitative estimate of drug-likeness (QED) is 0.214. The summed E-state index contributed by atoms with van der Waals surface area (Å²) in [5, 5.41) is 20.3. The molecule has 0 spiro atoms. The Morgan fingerprint density at radius 3 is 1.85 bits per heavy atom. The predicted octanol–water partition coefficient (Wildman–Crippen LogP) is 5.39. The highest BCUT2D eigenvalue weighted by atomic mass is 35.5. The molecule has 0 saturated carbocycles. The smallest absolute Gasteiger partial charge is 0.254 e. The average Bonchev–Trinajstić information content (AvgIpc) is 3.32. The third kappa shape index (κ3) is 7.59. The molecular weight excluding hydrogens is 631 g/mol. The number of aliphatic hydroxyl groups excluding tert-OH is 1. The molecular formula is C34H32Cl2N4O6. The minimum absolute atomic E-state index is 0.143. The van der Waals surface area contributed by atoms with Crippen molar-refractivity contribution in [1.82, 2.24) is 10.2 Å². The summed E-state index contributed by atoms with van der Waals surface area (Å²) in [7, 11) is 0. The van der Waals surface area contributed by atoms with Crippen LogP contribution in [0, 0.1) is 0 Å². The minimum atomic E-state index is -1.07. The van der Waals surface area contributed by atoms with E-state index in [9.17, 15) is 24.3 Å². The summed E-state index contributed by atoms with van der Waals surface area (Å²) in [6.45, 7) is 3.24. The van der Waals surface area contributed by atoms with Gasteiger partial charge in [-0.05, 0) is 67.9 Å². The van der Waals surface area contributed by atoms with Crippen molar-refractivity contribution < 1.29 is 29.0 Å². The number of allylic oxidation sites excluding steroid dienone is 2. The molecule has 2 aliphatic rings. The van der Waals surface area contributed by atoms with E-state index in [4.69, 9.17) is 27.9 Å². The standard InChI is InChI=1S/C34H32Cl2N4O6/c1-19-30(33(44)38-24-7-3-5-22(35)15-24)32(31(20(2)37-19)34(45)39-25-8-4-6-23(36)16-25)21-9-11-27(12-10-21)46-18-26(41)17-40-28(42)13-14-29(40)43/h3-12,15-16,26,32,37,41H,13-14,17-18H2,1-2H3,(H,38,44)(H,39,45). The maximum atomic E-state index is 13.9. The van der Waals surface area contributed by atoms with E-state index in [0.29, 0.717) is 55.3 Å². The zero-order chi connectivity index (χ0) is 33.0. The number of halogens is 2. The van der Waals surface area contributed by atoms with Crippen molar-refractivity contribution >= 4 is 58.2 Å². The summed E-state index contributed by atoms with van der Waals surface area (Å²) >= 11 is 12.3. The van der Waals surface area contributed by atoms with Crippen LogP contribution in [0.4, 0.5) is 11.4 Å². The lowest BCUT2D eigenvalue weighted by molar-refractivity contribution is -0.140. The minimum Gasteiger partial charge on any atom is -0.491 e. The first kappa shape index (κ1) is 32.7. The van der Waals surface area contributed by atoms with E-state index in [2.05, 4.69) is 16.0 Å². The van der Waals surface area contributed by atoms with Crippen LogP contribution in [0.5, 0.6) is 5.75 Å². The number of anilines is 2. The van der Waals surface area contributed by atoms with Gasteiger partial charge in [-0.1, -0.05) is 47.5 Å². The third-order valence-corrected chi connectivity index (χ3v) is 8.09. The summed E-state index contributed by atoms with van der Waals surface area (Å²) in [5.41, 5.74) is 3.40. The number of aliphatic hydroxyl groups is 1. The van der Waals surface area contributed by atoms with Crippen LogP contribution in [0.1, 0.15) is 38.2 Å². The second kappa shape index (κ2) is 14.2. The molecule has 2 aliphatic heterocycles. The van der Waals surface area contributed by atoms with Gasteiger partial charge in [0.15, 0.2) is 0 Å². The first-order valence-electron chi connectivity index (χ1n) is 14.6. The molecule has 1 saturated heterocycles. The SMILES string of the molecule is CC1=C(C(=O)Nc2cccc(Cl)c2)C(c2ccc(OCC(O)CN3C(=O)CCC3=O)cc2)C(C(=O)Nc2cccc(Cl)c2)=C(C)N1. The highest BCUT2D eigenvalue weighted by Crippen LogP contribution is 2.40. The number of carbonyl (C=O) groups is 4.